The Hall–Kier alpha value is -2.35. The molecule has 0 saturated carbocycles. The summed E-state index contributed by atoms with van der Waals surface area (Å²) < 4.78 is 25.5. The number of rotatable bonds is 3. The number of piperidine rings is 1. The molecule has 2 N–H and O–H groups in total. The number of nitrogens with one attached hydrogen (secondary N) is 2. The summed E-state index contributed by atoms with van der Waals surface area (Å²) in [6.45, 7) is 6.84. The number of halogens is 1. The monoisotopic (exact) mass is 362 g/mol. The Morgan fingerprint density at radius 3 is 2.81 bits per heavy atom. The zero-order valence-electron chi connectivity index (χ0n) is 14.9. The van der Waals surface area contributed by atoms with Crippen molar-refractivity contribution in [3.63, 3.8) is 0 Å². The van der Waals surface area contributed by atoms with Crippen LogP contribution in [0.4, 0.5) is 10.1 Å². The highest BCUT2D eigenvalue weighted by Gasteiger charge is 2.33. The number of ether oxygens (including phenoxy) is 1. The summed E-state index contributed by atoms with van der Waals surface area (Å²) in [4.78, 5) is 13.5. The molecule has 2 aliphatic heterocycles. The van der Waals surface area contributed by atoms with Crippen LogP contribution in [0.2, 0.25) is 0 Å². The van der Waals surface area contributed by atoms with Crippen LogP contribution in [0.25, 0.3) is 11.5 Å². The first kappa shape index (κ1) is 17.1. The van der Waals surface area contributed by atoms with Crippen molar-refractivity contribution in [1.29, 1.82) is 0 Å². The summed E-state index contributed by atoms with van der Waals surface area (Å²) in [6, 6.07) is 3.34. The predicted octanol–water partition coefficient (Wildman–Crippen LogP) is 2.14. The molecule has 26 heavy (non-hydrogen) atoms. The third-order valence-corrected chi connectivity index (χ3v) is 5.35. The van der Waals surface area contributed by atoms with E-state index in [1.54, 1.807) is 6.07 Å². The molecule has 7 nitrogen and oxygen atoms in total. The molecule has 1 saturated heterocycles. The lowest BCUT2D eigenvalue weighted by Crippen LogP contribution is -2.48. The van der Waals surface area contributed by atoms with E-state index in [4.69, 9.17) is 9.15 Å². The summed E-state index contributed by atoms with van der Waals surface area (Å²) in [6.07, 6.45) is 2.09. The molecule has 2 atom stereocenters. The van der Waals surface area contributed by atoms with Crippen LogP contribution in [0.1, 0.15) is 26.7 Å². The quantitative estimate of drug-likeness (QED) is 0.870. The fraction of sp³-hybridized carbons (Fsp3) is 0.556. The largest absolute Gasteiger partial charge is 0.484 e. The van der Waals surface area contributed by atoms with Gasteiger partial charge < -0.3 is 19.4 Å². The molecule has 0 radical (unpaired) electrons. The average Bonchev–Trinajstić information content (AvgIpc) is 3.08. The SMILES string of the molecule is C[C@@H]1CN([C@@H](C)C2CCNCC2)c2cc(-c3n[nH]c(=O)o3)cc(F)c2O1. The topological polar surface area (TPSA) is 83.4 Å². The third-order valence-electron chi connectivity index (χ3n) is 5.35. The molecule has 0 unspecified atom stereocenters. The number of fused-ring (bicyclic) bond motifs is 1. The molecule has 2 aliphatic rings. The lowest BCUT2D eigenvalue weighted by molar-refractivity contribution is 0.189. The average molecular weight is 362 g/mol. The van der Waals surface area contributed by atoms with Crippen molar-refractivity contribution in [2.24, 2.45) is 5.92 Å². The molecule has 0 bridgehead atoms. The fourth-order valence-electron chi connectivity index (χ4n) is 3.97. The Morgan fingerprint density at radius 2 is 2.12 bits per heavy atom. The lowest BCUT2D eigenvalue weighted by atomic mass is 9.89. The minimum absolute atomic E-state index is 0.0739. The van der Waals surface area contributed by atoms with Gasteiger partial charge in [-0.05, 0) is 57.8 Å². The van der Waals surface area contributed by atoms with E-state index in [1.807, 2.05) is 6.92 Å². The Kier molecular flexibility index (Phi) is 4.44. The van der Waals surface area contributed by atoms with Gasteiger partial charge in [-0.1, -0.05) is 0 Å². The van der Waals surface area contributed by atoms with E-state index in [0.29, 0.717) is 23.7 Å². The first-order valence-electron chi connectivity index (χ1n) is 9.06. The highest BCUT2D eigenvalue weighted by Crippen LogP contribution is 2.41. The number of hydrogen-bond acceptors (Lipinski definition) is 6. The van der Waals surface area contributed by atoms with Crippen molar-refractivity contribution < 1.29 is 13.5 Å². The van der Waals surface area contributed by atoms with Gasteiger partial charge in [0.1, 0.15) is 6.10 Å². The molecule has 0 aliphatic carbocycles. The highest BCUT2D eigenvalue weighted by atomic mass is 19.1. The maximum absolute atomic E-state index is 14.8. The van der Waals surface area contributed by atoms with E-state index in [2.05, 4.69) is 27.3 Å². The zero-order chi connectivity index (χ0) is 18.3. The number of nitrogens with zero attached hydrogens (tertiary/aromatic N) is 2. The van der Waals surface area contributed by atoms with Gasteiger partial charge in [0.05, 0.1) is 12.2 Å². The minimum atomic E-state index is -0.664. The van der Waals surface area contributed by atoms with Crippen LogP contribution >= 0.6 is 0 Å². The molecule has 1 aromatic heterocycles. The smallest absolute Gasteiger partial charge is 0.434 e. The van der Waals surface area contributed by atoms with Gasteiger partial charge in [0.25, 0.3) is 0 Å². The van der Waals surface area contributed by atoms with Crippen LogP contribution in [-0.4, -0.2) is 42.0 Å². The summed E-state index contributed by atoms with van der Waals surface area (Å²) in [5, 5.41) is 9.41. The van der Waals surface area contributed by atoms with Gasteiger partial charge in [0, 0.05) is 11.6 Å². The summed E-state index contributed by atoms with van der Waals surface area (Å²) in [5.74, 6) is -0.277. The van der Waals surface area contributed by atoms with Gasteiger partial charge in [-0.15, -0.1) is 5.10 Å². The lowest BCUT2D eigenvalue weighted by Gasteiger charge is -2.43. The summed E-state index contributed by atoms with van der Waals surface area (Å²) in [7, 11) is 0. The van der Waals surface area contributed by atoms with E-state index < -0.39 is 11.6 Å². The third kappa shape index (κ3) is 3.09. The number of benzene rings is 1. The van der Waals surface area contributed by atoms with Crippen LogP contribution < -0.4 is 20.7 Å². The van der Waals surface area contributed by atoms with Gasteiger partial charge in [-0.2, -0.15) is 0 Å². The van der Waals surface area contributed by atoms with Crippen molar-refractivity contribution in [1.82, 2.24) is 15.5 Å². The van der Waals surface area contributed by atoms with Crippen LogP contribution in [0, 0.1) is 11.7 Å². The van der Waals surface area contributed by atoms with Crippen molar-refractivity contribution in [2.75, 3.05) is 24.5 Å². The predicted molar refractivity (Wildman–Crippen MR) is 95.0 cm³/mol. The molecular weight excluding hydrogens is 339 g/mol. The van der Waals surface area contributed by atoms with Crippen molar-refractivity contribution >= 4 is 5.69 Å². The second-order valence-electron chi connectivity index (χ2n) is 7.13. The Bertz CT molecular complexity index is 843. The Labute approximate surface area is 150 Å². The second-order valence-corrected chi connectivity index (χ2v) is 7.13. The van der Waals surface area contributed by atoms with E-state index in [-0.39, 0.29) is 23.8 Å². The molecule has 0 spiro atoms. The number of hydrogen-bond donors (Lipinski definition) is 2. The Balaban J connectivity index is 1.74. The summed E-state index contributed by atoms with van der Waals surface area (Å²) >= 11 is 0. The van der Waals surface area contributed by atoms with E-state index >= 15 is 0 Å². The van der Waals surface area contributed by atoms with Gasteiger partial charge >= 0.3 is 5.76 Å². The first-order valence-corrected chi connectivity index (χ1v) is 9.06. The van der Waals surface area contributed by atoms with E-state index in [9.17, 15) is 9.18 Å². The normalized spacial score (nSPS) is 22.0. The first-order chi connectivity index (χ1) is 12.5. The zero-order valence-corrected chi connectivity index (χ0v) is 14.9. The highest BCUT2D eigenvalue weighted by molar-refractivity contribution is 5.70. The summed E-state index contributed by atoms with van der Waals surface area (Å²) in [5.41, 5.74) is 1.11. The molecule has 8 heteroatoms. The minimum Gasteiger partial charge on any atom is -0.484 e. The van der Waals surface area contributed by atoms with Gasteiger partial charge in [0.2, 0.25) is 5.89 Å². The number of H-pyrrole nitrogens is 1. The maximum Gasteiger partial charge on any atom is 0.434 e. The van der Waals surface area contributed by atoms with Gasteiger partial charge in [-0.3, -0.25) is 0 Å². The molecule has 4 rings (SSSR count). The molecule has 0 amide bonds. The standard InChI is InChI=1S/C18H23FN4O3/c1-10-9-23(11(2)12-3-5-20-6-4-12)15-8-13(7-14(19)16(15)25-10)17-21-22-18(24)26-17/h7-8,10-12,20H,3-6,9H2,1-2H3,(H,22,24)/t10-,11+/m1/s1. The van der Waals surface area contributed by atoms with E-state index in [0.717, 1.165) is 25.9 Å². The molecule has 140 valence electrons. The van der Waals surface area contributed by atoms with Crippen LogP contribution in [-0.2, 0) is 0 Å². The van der Waals surface area contributed by atoms with Crippen molar-refractivity contribution in [3.8, 4) is 17.2 Å². The number of anilines is 1. The Morgan fingerprint density at radius 1 is 1.35 bits per heavy atom. The van der Waals surface area contributed by atoms with Crippen molar-refractivity contribution in [2.45, 2.75) is 38.8 Å². The number of aromatic nitrogens is 2. The van der Waals surface area contributed by atoms with Crippen LogP contribution in [0.15, 0.2) is 21.3 Å². The van der Waals surface area contributed by atoms with Crippen molar-refractivity contribution in [3.05, 3.63) is 28.5 Å². The van der Waals surface area contributed by atoms with E-state index in [1.165, 1.54) is 6.07 Å². The second kappa shape index (κ2) is 6.75. The van der Waals surface area contributed by atoms with Crippen LogP contribution in [0.5, 0.6) is 5.75 Å². The van der Waals surface area contributed by atoms with Gasteiger partial charge in [0.15, 0.2) is 11.6 Å². The fourth-order valence-corrected chi connectivity index (χ4v) is 3.97. The maximum atomic E-state index is 14.8. The van der Waals surface area contributed by atoms with Crippen LogP contribution in [0.3, 0.4) is 0 Å². The molecular formula is C18H23FN4O3. The molecule has 1 aromatic carbocycles. The molecule has 2 aromatic rings. The number of aromatic amines is 1. The molecule has 1 fully saturated rings. The molecule has 3 heterocycles. The van der Waals surface area contributed by atoms with Gasteiger partial charge in [-0.25, -0.2) is 14.3 Å².